The first kappa shape index (κ1) is 12.1. The van der Waals surface area contributed by atoms with Crippen molar-refractivity contribution < 1.29 is 0 Å². The van der Waals surface area contributed by atoms with E-state index in [4.69, 9.17) is 5.26 Å². The molecular weight excluding hydrogens is 280 g/mol. The molecule has 2 aromatic carbocycles. The monoisotopic (exact) mass is 290 g/mol. The molecule has 0 saturated heterocycles. The van der Waals surface area contributed by atoms with E-state index in [9.17, 15) is 0 Å². The molecule has 0 fully saturated rings. The van der Waals surface area contributed by atoms with Crippen LogP contribution in [0, 0.1) is 11.3 Å². The number of fused-ring (bicyclic) bond motifs is 2. The number of benzene rings is 2. The maximum atomic E-state index is 9.06. The van der Waals surface area contributed by atoms with Gasteiger partial charge in [-0.15, -0.1) is 0 Å². The van der Waals surface area contributed by atoms with Crippen LogP contribution < -0.4 is 0 Å². The quantitative estimate of drug-likeness (QED) is 0.565. The van der Waals surface area contributed by atoms with Crippen LogP contribution in [0.2, 0.25) is 0 Å². The van der Waals surface area contributed by atoms with E-state index in [1.54, 1.807) is 0 Å². The molecule has 5 heteroatoms. The van der Waals surface area contributed by atoms with E-state index in [0.29, 0.717) is 0 Å². The second-order valence-electron chi connectivity index (χ2n) is 4.69. The standard InChI is InChI=1S/C16H10N4S/c17-10-9-15-18-13-7-3-4-8-14(13)20(15)16-11-5-1-2-6-12(11)19-21-16/h1-8H,9H2. The summed E-state index contributed by atoms with van der Waals surface area (Å²) in [7, 11) is 0. The first-order valence-electron chi connectivity index (χ1n) is 6.56. The van der Waals surface area contributed by atoms with Gasteiger partial charge in [-0.2, -0.15) is 9.64 Å². The molecule has 21 heavy (non-hydrogen) atoms. The second-order valence-corrected chi connectivity index (χ2v) is 5.44. The lowest BCUT2D eigenvalue weighted by Crippen LogP contribution is -1.98. The number of rotatable bonds is 2. The van der Waals surface area contributed by atoms with Crippen LogP contribution in [0.15, 0.2) is 48.5 Å². The third kappa shape index (κ3) is 1.81. The summed E-state index contributed by atoms with van der Waals surface area (Å²) in [6, 6.07) is 18.2. The highest BCUT2D eigenvalue weighted by Crippen LogP contribution is 2.30. The maximum absolute atomic E-state index is 9.06. The lowest BCUT2D eigenvalue weighted by Gasteiger charge is -2.04. The van der Waals surface area contributed by atoms with Gasteiger partial charge < -0.3 is 0 Å². The molecule has 2 aromatic heterocycles. The Hall–Kier alpha value is -2.71. The number of imidazole rings is 1. The average molecular weight is 290 g/mol. The SMILES string of the molecule is N#CCc1nc2ccccc2n1-c1snc2ccccc12. The van der Waals surface area contributed by atoms with E-state index >= 15 is 0 Å². The number of nitriles is 1. The van der Waals surface area contributed by atoms with Gasteiger partial charge in [0, 0.05) is 5.39 Å². The van der Waals surface area contributed by atoms with E-state index in [1.807, 2.05) is 42.5 Å². The van der Waals surface area contributed by atoms with Crippen molar-refractivity contribution >= 4 is 33.5 Å². The Morgan fingerprint density at radius 2 is 1.81 bits per heavy atom. The van der Waals surface area contributed by atoms with Gasteiger partial charge in [0.1, 0.15) is 10.8 Å². The number of nitrogens with zero attached hydrogens (tertiary/aromatic N) is 4. The summed E-state index contributed by atoms with van der Waals surface area (Å²) >= 11 is 1.44. The second kappa shape index (κ2) is 4.69. The van der Waals surface area contributed by atoms with Crippen molar-refractivity contribution in [1.82, 2.24) is 13.9 Å². The van der Waals surface area contributed by atoms with Crippen LogP contribution in [0.5, 0.6) is 0 Å². The fourth-order valence-electron chi connectivity index (χ4n) is 2.53. The molecule has 0 aliphatic rings. The highest BCUT2D eigenvalue weighted by molar-refractivity contribution is 7.10. The van der Waals surface area contributed by atoms with E-state index in [1.165, 1.54) is 11.5 Å². The number of hydrogen-bond acceptors (Lipinski definition) is 4. The molecule has 0 atom stereocenters. The van der Waals surface area contributed by atoms with Gasteiger partial charge in [-0.3, -0.25) is 4.57 Å². The minimum Gasteiger partial charge on any atom is -0.285 e. The summed E-state index contributed by atoms with van der Waals surface area (Å²) in [6.07, 6.45) is 0.279. The van der Waals surface area contributed by atoms with Crippen molar-refractivity contribution in [3.05, 3.63) is 54.4 Å². The molecule has 0 spiro atoms. The molecule has 0 N–H and O–H groups in total. The van der Waals surface area contributed by atoms with Crippen LogP contribution in [0.1, 0.15) is 5.82 Å². The fourth-order valence-corrected chi connectivity index (χ4v) is 3.43. The number of hydrogen-bond donors (Lipinski definition) is 0. The van der Waals surface area contributed by atoms with E-state index in [-0.39, 0.29) is 6.42 Å². The minimum absolute atomic E-state index is 0.279. The number of para-hydroxylation sites is 2. The van der Waals surface area contributed by atoms with Crippen molar-refractivity contribution in [2.75, 3.05) is 0 Å². The molecule has 2 heterocycles. The predicted octanol–water partition coefficient (Wildman–Crippen LogP) is 3.70. The topological polar surface area (TPSA) is 54.5 Å². The van der Waals surface area contributed by atoms with Crippen LogP contribution in [-0.4, -0.2) is 13.9 Å². The first-order valence-corrected chi connectivity index (χ1v) is 7.34. The van der Waals surface area contributed by atoms with Gasteiger partial charge in [-0.1, -0.05) is 24.3 Å². The molecule has 0 radical (unpaired) electrons. The molecule has 100 valence electrons. The van der Waals surface area contributed by atoms with Crippen LogP contribution >= 0.6 is 11.5 Å². The Morgan fingerprint density at radius 1 is 1.05 bits per heavy atom. The summed E-state index contributed by atoms with van der Waals surface area (Å²) in [6.45, 7) is 0. The minimum atomic E-state index is 0.279. The van der Waals surface area contributed by atoms with Crippen molar-refractivity contribution in [3.63, 3.8) is 0 Å². The van der Waals surface area contributed by atoms with Crippen LogP contribution in [0.4, 0.5) is 0 Å². The Kier molecular flexibility index (Phi) is 2.69. The molecule has 0 aliphatic carbocycles. The molecule has 0 bridgehead atoms. The maximum Gasteiger partial charge on any atom is 0.130 e. The summed E-state index contributed by atoms with van der Waals surface area (Å²) in [4.78, 5) is 4.58. The van der Waals surface area contributed by atoms with Crippen LogP contribution in [-0.2, 0) is 6.42 Å². The summed E-state index contributed by atoms with van der Waals surface area (Å²) in [5.41, 5.74) is 2.88. The fraction of sp³-hybridized carbons (Fsp3) is 0.0625. The molecule has 0 amide bonds. The molecule has 0 aliphatic heterocycles. The Bertz CT molecular complexity index is 990. The molecule has 0 unspecified atom stereocenters. The zero-order chi connectivity index (χ0) is 14.2. The normalized spacial score (nSPS) is 11.0. The summed E-state index contributed by atoms with van der Waals surface area (Å²) in [5.74, 6) is 0.758. The molecule has 4 rings (SSSR count). The Labute approximate surface area is 125 Å². The molecule has 4 aromatic rings. The molecule has 4 nitrogen and oxygen atoms in total. The lowest BCUT2D eigenvalue weighted by atomic mass is 10.2. The van der Waals surface area contributed by atoms with Gasteiger partial charge in [-0.05, 0) is 35.8 Å². The van der Waals surface area contributed by atoms with Gasteiger partial charge in [0.05, 0.1) is 29.0 Å². The Morgan fingerprint density at radius 3 is 2.67 bits per heavy atom. The lowest BCUT2D eigenvalue weighted by molar-refractivity contribution is 0.973. The summed E-state index contributed by atoms with van der Waals surface area (Å²) in [5, 5.41) is 11.2. The van der Waals surface area contributed by atoms with Crippen molar-refractivity contribution in [2.45, 2.75) is 6.42 Å². The third-order valence-electron chi connectivity index (χ3n) is 3.44. The van der Waals surface area contributed by atoms with Gasteiger partial charge in [-0.25, -0.2) is 4.98 Å². The first-order chi connectivity index (χ1) is 10.4. The zero-order valence-electron chi connectivity index (χ0n) is 11.0. The third-order valence-corrected chi connectivity index (χ3v) is 4.30. The molecule has 0 saturated carbocycles. The molecular formula is C16H10N4S. The smallest absolute Gasteiger partial charge is 0.130 e. The van der Waals surface area contributed by atoms with Crippen molar-refractivity contribution in [1.29, 1.82) is 5.26 Å². The highest BCUT2D eigenvalue weighted by Gasteiger charge is 2.16. The van der Waals surface area contributed by atoms with Crippen molar-refractivity contribution in [2.24, 2.45) is 0 Å². The zero-order valence-corrected chi connectivity index (χ0v) is 11.8. The predicted molar refractivity (Wildman–Crippen MR) is 83.6 cm³/mol. The van der Waals surface area contributed by atoms with E-state index in [2.05, 4.69) is 26.1 Å². The van der Waals surface area contributed by atoms with E-state index in [0.717, 1.165) is 32.8 Å². The Balaban J connectivity index is 2.09. The van der Waals surface area contributed by atoms with E-state index < -0.39 is 0 Å². The average Bonchev–Trinajstić information content (AvgIpc) is 3.08. The largest absolute Gasteiger partial charge is 0.285 e. The van der Waals surface area contributed by atoms with Gasteiger partial charge in [0.2, 0.25) is 0 Å². The van der Waals surface area contributed by atoms with Gasteiger partial charge >= 0.3 is 0 Å². The van der Waals surface area contributed by atoms with Crippen LogP contribution in [0.3, 0.4) is 0 Å². The van der Waals surface area contributed by atoms with Crippen molar-refractivity contribution in [3.8, 4) is 11.1 Å². The highest BCUT2D eigenvalue weighted by atomic mass is 32.1. The summed E-state index contributed by atoms with van der Waals surface area (Å²) < 4.78 is 6.55. The number of aromatic nitrogens is 3. The van der Waals surface area contributed by atoms with Gasteiger partial charge in [0.25, 0.3) is 0 Å². The van der Waals surface area contributed by atoms with Gasteiger partial charge in [0.15, 0.2) is 0 Å². The van der Waals surface area contributed by atoms with Crippen LogP contribution in [0.25, 0.3) is 26.9 Å².